The number of aliphatic hydroxyl groups is 1. The number of fused-ring (bicyclic) bond motifs is 1. The largest absolute Gasteiger partial charge is 0.463 e. The summed E-state index contributed by atoms with van der Waals surface area (Å²) in [5, 5.41) is 10.5. The van der Waals surface area contributed by atoms with Gasteiger partial charge in [-0.05, 0) is 57.3 Å². The van der Waals surface area contributed by atoms with Crippen molar-refractivity contribution in [1.29, 1.82) is 0 Å². The molecule has 7 atom stereocenters. The number of carbonyl (C=O) groups excluding carboxylic acids is 1. The summed E-state index contributed by atoms with van der Waals surface area (Å²) in [5.74, 6) is 2.02. The van der Waals surface area contributed by atoms with Crippen LogP contribution in [0.2, 0.25) is 0 Å². The Labute approximate surface area is 169 Å². The summed E-state index contributed by atoms with van der Waals surface area (Å²) >= 11 is 0. The molecule has 0 bridgehead atoms. The third-order valence-corrected chi connectivity index (χ3v) is 7.57. The van der Waals surface area contributed by atoms with Crippen LogP contribution in [0.1, 0.15) is 90.9 Å². The Morgan fingerprint density at radius 3 is 2.57 bits per heavy atom. The molecular formula is C23H38O5. The molecule has 0 aromatic rings. The zero-order valence-corrected chi connectivity index (χ0v) is 17.6. The van der Waals surface area contributed by atoms with E-state index in [4.69, 9.17) is 14.2 Å². The Bertz CT molecular complexity index is 545. The Balaban J connectivity index is 1.32. The van der Waals surface area contributed by atoms with Crippen LogP contribution in [0.3, 0.4) is 0 Å². The molecule has 5 nitrogen and oxygen atoms in total. The lowest BCUT2D eigenvalue weighted by Gasteiger charge is -2.45. The molecule has 1 heterocycles. The van der Waals surface area contributed by atoms with Gasteiger partial charge in [0.2, 0.25) is 0 Å². The monoisotopic (exact) mass is 394 g/mol. The van der Waals surface area contributed by atoms with Gasteiger partial charge in [-0.1, -0.05) is 25.7 Å². The topological polar surface area (TPSA) is 65.0 Å². The van der Waals surface area contributed by atoms with Crippen molar-refractivity contribution in [3.8, 4) is 0 Å². The first-order valence-electron chi connectivity index (χ1n) is 11.6. The Kier molecular flexibility index (Phi) is 6.34. The maximum Gasteiger partial charge on any atom is 0.302 e. The molecule has 1 saturated heterocycles. The molecule has 5 heteroatoms. The van der Waals surface area contributed by atoms with E-state index in [1.807, 2.05) is 6.92 Å². The standard InChI is InChI=1S/C23H38O5/c1-15(26-16(2)24)11-20(25)13-21-14-23(9-10-23)28-22(27-21)19-8-7-17-5-3-4-6-18(17)12-19/h15,17-22,25H,3-14H2,1-2H3. The fourth-order valence-electron chi connectivity index (χ4n) is 6.05. The SMILES string of the molecule is CC(=O)OC(C)CC(O)CC1CC2(CC2)OC(C2CCC3CCCCC3C2)O1. The van der Waals surface area contributed by atoms with Crippen molar-refractivity contribution < 1.29 is 24.1 Å². The number of ether oxygens (including phenoxy) is 3. The van der Waals surface area contributed by atoms with Gasteiger partial charge in [0.1, 0.15) is 6.10 Å². The first kappa shape index (κ1) is 20.6. The van der Waals surface area contributed by atoms with Crippen molar-refractivity contribution in [2.45, 2.75) is 121 Å². The van der Waals surface area contributed by atoms with Crippen LogP contribution < -0.4 is 0 Å². The summed E-state index contributed by atoms with van der Waals surface area (Å²) in [6, 6.07) is 0. The minimum Gasteiger partial charge on any atom is -0.463 e. The Hall–Kier alpha value is -0.650. The maximum atomic E-state index is 11.1. The zero-order chi connectivity index (χ0) is 19.7. The average Bonchev–Trinajstić information content (AvgIpc) is 3.38. The fourth-order valence-corrected chi connectivity index (χ4v) is 6.05. The van der Waals surface area contributed by atoms with Gasteiger partial charge in [0.25, 0.3) is 0 Å². The minimum absolute atomic E-state index is 0.0121. The van der Waals surface area contributed by atoms with E-state index in [9.17, 15) is 9.90 Å². The van der Waals surface area contributed by atoms with E-state index in [0.717, 1.165) is 31.1 Å². The first-order chi connectivity index (χ1) is 13.4. The molecule has 3 saturated carbocycles. The molecule has 4 rings (SSSR count). The van der Waals surface area contributed by atoms with E-state index >= 15 is 0 Å². The van der Waals surface area contributed by atoms with E-state index in [0.29, 0.717) is 18.8 Å². The van der Waals surface area contributed by atoms with Gasteiger partial charge in [-0.15, -0.1) is 0 Å². The molecule has 0 aromatic carbocycles. The van der Waals surface area contributed by atoms with E-state index < -0.39 is 6.10 Å². The van der Waals surface area contributed by atoms with E-state index in [1.54, 1.807) is 0 Å². The van der Waals surface area contributed by atoms with E-state index in [2.05, 4.69) is 0 Å². The van der Waals surface area contributed by atoms with E-state index in [-0.39, 0.29) is 30.1 Å². The molecular weight excluding hydrogens is 356 g/mol. The van der Waals surface area contributed by atoms with Crippen molar-refractivity contribution >= 4 is 5.97 Å². The highest BCUT2D eigenvalue weighted by Crippen LogP contribution is 2.52. The lowest BCUT2D eigenvalue weighted by Crippen LogP contribution is -2.46. The molecule has 4 fully saturated rings. The van der Waals surface area contributed by atoms with Crippen LogP contribution in [-0.2, 0) is 19.0 Å². The van der Waals surface area contributed by atoms with Gasteiger partial charge in [-0.25, -0.2) is 0 Å². The minimum atomic E-state index is -0.511. The molecule has 1 spiro atoms. The molecule has 3 aliphatic carbocycles. The normalized spacial score (nSPS) is 39.0. The number of hydrogen-bond acceptors (Lipinski definition) is 5. The second-order valence-corrected chi connectivity index (χ2v) is 10.1. The van der Waals surface area contributed by atoms with Crippen LogP contribution >= 0.6 is 0 Å². The molecule has 0 radical (unpaired) electrons. The van der Waals surface area contributed by atoms with Gasteiger partial charge in [0, 0.05) is 25.7 Å². The van der Waals surface area contributed by atoms with Crippen molar-refractivity contribution in [3.05, 3.63) is 0 Å². The second kappa shape index (κ2) is 8.61. The van der Waals surface area contributed by atoms with Gasteiger partial charge >= 0.3 is 5.97 Å². The van der Waals surface area contributed by atoms with Crippen LogP contribution in [0.4, 0.5) is 0 Å². The predicted molar refractivity (Wildman–Crippen MR) is 106 cm³/mol. The highest BCUT2D eigenvalue weighted by molar-refractivity contribution is 5.66. The molecule has 28 heavy (non-hydrogen) atoms. The molecule has 4 aliphatic rings. The second-order valence-electron chi connectivity index (χ2n) is 10.1. The van der Waals surface area contributed by atoms with Crippen LogP contribution in [0, 0.1) is 17.8 Å². The number of esters is 1. The number of aliphatic hydroxyl groups excluding tert-OH is 1. The third kappa shape index (κ3) is 5.09. The summed E-state index contributed by atoms with van der Waals surface area (Å²) in [7, 11) is 0. The lowest BCUT2D eigenvalue weighted by molar-refractivity contribution is -0.282. The van der Waals surface area contributed by atoms with Crippen LogP contribution in [0.25, 0.3) is 0 Å². The van der Waals surface area contributed by atoms with Crippen LogP contribution in [-0.4, -0.2) is 41.3 Å². The summed E-state index contributed by atoms with van der Waals surface area (Å²) in [5.41, 5.74) is 0.0121. The van der Waals surface area contributed by atoms with Gasteiger partial charge in [-0.3, -0.25) is 4.79 Å². The molecule has 1 aliphatic heterocycles. The predicted octanol–water partition coefficient (Wildman–Crippen LogP) is 4.35. The number of hydrogen-bond donors (Lipinski definition) is 1. The van der Waals surface area contributed by atoms with Crippen molar-refractivity contribution in [3.63, 3.8) is 0 Å². The lowest BCUT2D eigenvalue weighted by atomic mass is 9.67. The highest BCUT2D eigenvalue weighted by Gasteiger charge is 2.53. The molecule has 7 unspecified atom stereocenters. The zero-order valence-electron chi connectivity index (χ0n) is 17.6. The molecule has 0 aromatic heterocycles. The van der Waals surface area contributed by atoms with Crippen molar-refractivity contribution in [2.75, 3.05) is 0 Å². The van der Waals surface area contributed by atoms with Crippen LogP contribution in [0.15, 0.2) is 0 Å². The fraction of sp³-hybridized carbons (Fsp3) is 0.957. The van der Waals surface area contributed by atoms with E-state index in [1.165, 1.54) is 51.9 Å². The van der Waals surface area contributed by atoms with Gasteiger partial charge in [0.05, 0.1) is 17.8 Å². The van der Waals surface area contributed by atoms with Gasteiger partial charge < -0.3 is 19.3 Å². The molecule has 0 amide bonds. The number of rotatable bonds is 6. The smallest absolute Gasteiger partial charge is 0.302 e. The summed E-state index contributed by atoms with van der Waals surface area (Å²) in [4.78, 5) is 11.1. The summed E-state index contributed by atoms with van der Waals surface area (Å²) < 4.78 is 18.1. The highest BCUT2D eigenvalue weighted by atomic mass is 16.7. The first-order valence-corrected chi connectivity index (χ1v) is 11.6. The van der Waals surface area contributed by atoms with Crippen molar-refractivity contribution in [2.24, 2.45) is 17.8 Å². The van der Waals surface area contributed by atoms with Gasteiger partial charge in [-0.2, -0.15) is 0 Å². The van der Waals surface area contributed by atoms with Crippen LogP contribution in [0.5, 0.6) is 0 Å². The average molecular weight is 395 g/mol. The Morgan fingerprint density at radius 1 is 1.14 bits per heavy atom. The van der Waals surface area contributed by atoms with Gasteiger partial charge in [0.15, 0.2) is 6.29 Å². The maximum absolute atomic E-state index is 11.1. The summed E-state index contributed by atoms with van der Waals surface area (Å²) in [6.45, 7) is 3.25. The summed E-state index contributed by atoms with van der Waals surface area (Å²) in [6.07, 6.45) is 12.8. The quantitative estimate of drug-likeness (QED) is 0.679. The Morgan fingerprint density at radius 2 is 1.86 bits per heavy atom. The number of carbonyl (C=O) groups is 1. The molecule has 160 valence electrons. The molecule has 1 N–H and O–H groups in total. The van der Waals surface area contributed by atoms with Crippen molar-refractivity contribution in [1.82, 2.24) is 0 Å². The third-order valence-electron chi connectivity index (χ3n) is 7.57.